The predicted molar refractivity (Wildman–Crippen MR) is 94.4 cm³/mol. The molecule has 0 radical (unpaired) electrons. The first-order valence-electron chi connectivity index (χ1n) is 8.04. The molecule has 3 aromatic rings. The first-order valence-corrected chi connectivity index (χ1v) is 8.04. The molecule has 0 aliphatic carbocycles. The maximum Gasteiger partial charge on any atom is 0.262 e. The van der Waals surface area contributed by atoms with Gasteiger partial charge in [0.25, 0.3) is 11.8 Å². The SMILES string of the molecule is CC(C)c1noc(-c2ccccc2OCC(=O)Nc2ccccc2)n1. The molecular formula is C19H19N3O3. The fourth-order valence-electron chi connectivity index (χ4n) is 2.21. The minimum absolute atomic E-state index is 0.114. The summed E-state index contributed by atoms with van der Waals surface area (Å²) in [5.74, 6) is 1.45. The van der Waals surface area contributed by atoms with Crippen molar-refractivity contribution in [2.24, 2.45) is 0 Å². The van der Waals surface area contributed by atoms with E-state index in [-0.39, 0.29) is 18.4 Å². The summed E-state index contributed by atoms with van der Waals surface area (Å²) in [4.78, 5) is 16.4. The zero-order valence-electron chi connectivity index (χ0n) is 14.1. The van der Waals surface area contributed by atoms with Gasteiger partial charge in [-0.1, -0.05) is 49.3 Å². The number of hydrogen-bond donors (Lipinski definition) is 1. The lowest BCUT2D eigenvalue weighted by Crippen LogP contribution is -2.20. The zero-order chi connectivity index (χ0) is 17.6. The number of para-hydroxylation sites is 2. The first kappa shape index (κ1) is 16.7. The van der Waals surface area contributed by atoms with Crippen LogP contribution in [0.5, 0.6) is 5.75 Å². The summed E-state index contributed by atoms with van der Waals surface area (Å²) in [6.45, 7) is 3.87. The number of anilines is 1. The van der Waals surface area contributed by atoms with Gasteiger partial charge in [-0.25, -0.2) is 0 Å². The van der Waals surface area contributed by atoms with E-state index in [1.165, 1.54) is 0 Å². The summed E-state index contributed by atoms with van der Waals surface area (Å²) in [6.07, 6.45) is 0. The Balaban J connectivity index is 1.69. The Hall–Kier alpha value is -3.15. The lowest BCUT2D eigenvalue weighted by molar-refractivity contribution is -0.118. The molecule has 2 aromatic carbocycles. The molecule has 0 unspecified atom stereocenters. The third-order valence-electron chi connectivity index (χ3n) is 3.49. The summed E-state index contributed by atoms with van der Waals surface area (Å²) in [6, 6.07) is 16.5. The molecule has 6 heteroatoms. The van der Waals surface area contributed by atoms with Gasteiger partial charge in [0, 0.05) is 11.6 Å². The standard InChI is InChI=1S/C19H19N3O3/c1-13(2)18-21-19(25-22-18)15-10-6-7-11-16(15)24-12-17(23)20-14-8-4-3-5-9-14/h3-11,13H,12H2,1-2H3,(H,20,23). The summed E-state index contributed by atoms with van der Waals surface area (Å²) in [5, 5.41) is 6.74. The van der Waals surface area contributed by atoms with Gasteiger partial charge < -0.3 is 14.6 Å². The van der Waals surface area contributed by atoms with Crippen LogP contribution in [0.2, 0.25) is 0 Å². The maximum atomic E-state index is 12.0. The largest absolute Gasteiger partial charge is 0.483 e. The van der Waals surface area contributed by atoms with Crippen molar-refractivity contribution in [1.29, 1.82) is 0 Å². The molecule has 3 rings (SSSR count). The van der Waals surface area contributed by atoms with Crippen LogP contribution in [0.15, 0.2) is 59.1 Å². The van der Waals surface area contributed by atoms with E-state index in [0.717, 1.165) is 5.69 Å². The van der Waals surface area contributed by atoms with E-state index < -0.39 is 0 Å². The summed E-state index contributed by atoms with van der Waals surface area (Å²) in [5.41, 5.74) is 1.39. The zero-order valence-corrected chi connectivity index (χ0v) is 14.1. The van der Waals surface area contributed by atoms with Crippen molar-refractivity contribution in [3.05, 3.63) is 60.4 Å². The van der Waals surface area contributed by atoms with Crippen molar-refractivity contribution < 1.29 is 14.1 Å². The van der Waals surface area contributed by atoms with Crippen LogP contribution in [0, 0.1) is 0 Å². The Bertz CT molecular complexity index is 844. The molecule has 0 aliphatic heterocycles. The van der Waals surface area contributed by atoms with Gasteiger partial charge in [0.15, 0.2) is 12.4 Å². The second kappa shape index (κ2) is 7.61. The predicted octanol–water partition coefficient (Wildman–Crippen LogP) is 3.88. The number of nitrogens with one attached hydrogen (secondary N) is 1. The molecule has 0 saturated carbocycles. The van der Waals surface area contributed by atoms with E-state index in [1.54, 1.807) is 6.07 Å². The van der Waals surface area contributed by atoms with E-state index >= 15 is 0 Å². The van der Waals surface area contributed by atoms with Gasteiger partial charge in [0.2, 0.25) is 0 Å². The highest BCUT2D eigenvalue weighted by Gasteiger charge is 2.16. The molecule has 0 fully saturated rings. The van der Waals surface area contributed by atoms with Crippen LogP contribution < -0.4 is 10.1 Å². The van der Waals surface area contributed by atoms with Crippen molar-refractivity contribution in [3.63, 3.8) is 0 Å². The number of carbonyl (C=O) groups is 1. The van der Waals surface area contributed by atoms with Gasteiger partial charge in [-0.3, -0.25) is 4.79 Å². The van der Waals surface area contributed by atoms with Gasteiger partial charge in [-0.05, 0) is 24.3 Å². The van der Waals surface area contributed by atoms with Crippen molar-refractivity contribution in [2.75, 3.05) is 11.9 Å². The highest BCUT2D eigenvalue weighted by atomic mass is 16.5. The fraction of sp³-hybridized carbons (Fsp3) is 0.211. The molecule has 0 saturated heterocycles. The smallest absolute Gasteiger partial charge is 0.262 e. The summed E-state index contributed by atoms with van der Waals surface area (Å²) >= 11 is 0. The molecule has 1 N–H and O–H groups in total. The average molecular weight is 337 g/mol. The summed E-state index contributed by atoms with van der Waals surface area (Å²) in [7, 11) is 0. The van der Waals surface area contributed by atoms with Gasteiger partial charge in [0.1, 0.15) is 5.75 Å². The molecule has 1 amide bonds. The van der Waals surface area contributed by atoms with Crippen LogP contribution >= 0.6 is 0 Å². The molecule has 1 heterocycles. The molecule has 1 aromatic heterocycles. The molecule has 128 valence electrons. The van der Waals surface area contributed by atoms with Gasteiger partial charge in [0.05, 0.1) is 5.56 Å². The van der Waals surface area contributed by atoms with Crippen LogP contribution in [-0.2, 0) is 4.79 Å². The third-order valence-corrected chi connectivity index (χ3v) is 3.49. The Kier molecular flexibility index (Phi) is 5.09. The minimum Gasteiger partial charge on any atom is -0.483 e. The number of carbonyl (C=O) groups excluding carboxylic acids is 1. The molecule has 25 heavy (non-hydrogen) atoms. The number of aromatic nitrogens is 2. The number of rotatable bonds is 6. The maximum absolute atomic E-state index is 12.0. The molecule has 0 atom stereocenters. The molecule has 0 bridgehead atoms. The number of nitrogens with zero attached hydrogens (tertiary/aromatic N) is 2. The van der Waals surface area contributed by atoms with Crippen molar-refractivity contribution in [3.8, 4) is 17.2 Å². The quantitative estimate of drug-likeness (QED) is 0.738. The van der Waals surface area contributed by atoms with Crippen LogP contribution in [0.4, 0.5) is 5.69 Å². The first-order chi connectivity index (χ1) is 12.1. The monoisotopic (exact) mass is 337 g/mol. The van der Waals surface area contributed by atoms with Crippen LogP contribution in [0.3, 0.4) is 0 Å². The normalized spacial score (nSPS) is 10.7. The van der Waals surface area contributed by atoms with E-state index in [2.05, 4.69) is 15.5 Å². The molecule has 0 spiro atoms. The van der Waals surface area contributed by atoms with E-state index in [0.29, 0.717) is 23.0 Å². The highest BCUT2D eigenvalue weighted by molar-refractivity contribution is 5.91. The van der Waals surface area contributed by atoms with Gasteiger partial charge >= 0.3 is 0 Å². The van der Waals surface area contributed by atoms with E-state index in [1.807, 2.05) is 62.4 Å². The van der Waals surface area contributed by atoms with Crippen LogP contribution in [0.25, 0.3) is 11.5 Å². The number of benzene rings is 2. The Labute approximate surface area is 145 Å². The van der Waals surface area contributed by atoms with E-state index in [9.17, 15) is 4.79 Å². The Morgan fingerprint density at radius 2 is 1.84 bits per heavy atom. The van der Waals surface area contributed by atoms with Gasteiger partial charge in [-0.2, -0.15) is 4.98 Å². The average Bonchev–Trinajstić information content (AvgIpc) is 3.11. The Morgan fingerprint density at radius 3 is 2.56 bits per heavy atom. The third kappa shape index (κ3) is 4.23. The second-order valence-electron chi connectivity index (χ2n) is 5.81. The van der Waals surface area contributed by atoms with Crippen LogP contribution in [0.1, 0.15) is 25.6 Å². The van der Waals surface area contributed by atoms with Crippen molar-refractivity contribution in [1.82, 2.24) is 10.1 Å². The fourth-order valence-corrected chi connectivity index (χ4v) is 2.21. The Morgan fingerprint density at radius 1 is 1.12 bits per heavy atom. The number of hydrogen-bond acceptors (Lipinski definition) is 5. The van der Waals surface area contributed by atoms with Crippen molar-refractivity contribution >= 4 is 11.6 Å². The topological polar surface area (TPSA) is 77.2 Å². The summed E-state index contributed by atoms with van der Waals surface area (Å²) < 4.78 is 11.0. The number of ether oxygens (including phenoxy) is 1. The molecule has 0 aliphatic rings. The second-order valence-corrected chi connectivity index (χ2v) is 5.81. The van der Waals surface area contributed by atoms with Crippen molar-refractivity contribution in [2.45, 2.75) is 19.8 Å². The van der Waals surface area contributed by atoms with Crippen LogP contribution in [-0.4, -0.2) is 22.7 Å². The molecular weight excluding hydrogens is 318 g/mol. The minimum atomic E-state index is -0.241. The lowest BCUT2D eigenvalue weighted by Gasteiger charge is -2.09. The number of amides is 1. The molecule has 6 nitrogen and oxygen atoms in total. The van der Waals surface area contributed by atoms with E-state index in [4.69, 9.17) is 9.26 Å². The highest BCUT2D eigenvalue weighted by Crippen LogP contribution is 2.29. The lowest BCUT2D eigenvalue weighted by atomic mass is 10.2. The van der Waals surface area contributed by atoms with Gasteiger partial charge in [-0.15, -0.1) is 0 Å².